The summed E-state index contributed by atoms with van der Waals surface area (Å²) in [5.74, 6) is -2.42. The summed E-state index contributed by atoms with van der Waals surface area (Å²) in [7, 11) is -4.12. The number of anilines is 1. The number of para-hydroxylation sites is 1. The molecule has 1 aromatic carbocycles. The van der Waals surface area contributed by atoms with Crippen molar-refractivity contribution in [2.75, 3.05) is 4.72 Å². The molecule has 0 radical (unpaired) electrons. The Bertz CT molecular complexity index is 1450. The van der Waals surface area contributed by atoms with E-state index in [1.54, 1.807) is 38.5 Å². The first kappa shape index (κ1) is 24.3. The monoisotopic (exact) mass is 499 g/mol. The molecule has 2 atom stereocenters. The van der Waals surface area contributed by atoms with E-state index in [9.17, 15) is 17.2 Å². The molecule has 4 aromatic rings. The van der Waals surface area contributed by atoms with E-state index >= 15 is 0 Å². The Morgan fingerprint density at radius 3 is 2.23 bits per heavy atom. The molecular formula is C23H23F2N7O2S. The predicted octanol–water partition coefficient (Wildman–Crippen LogP) is 3.95. The zero-order valence-corrected chi connectivity index (χ0v) is 20.3. The maximum Gasteiger partial charge on any atom is 0.243 e. The summed E-state index contributed by atoms with van der Waals surface area (Å²) in [5, 5.41) is 6.94. The molecule has 9 nitrogen and oxygen atoms in total. The fraction of sp³-hybridized carbons (Fsp3) is 0.261. The summed E-state index contributed by atoms with van der Waals surface area (Å²) >= 11 is 0. The van der Waals surface area contributed by atoms with E-state index in [1.165, 1.54) is 19.2 Å². The highest BCUT2D eigenvalue weighted by Gasteiger charge is 2.32. The molecule has 0 aliphatic heterocycles. The smallest absolute Gasteiger partial charge is 0.243 e. The maximum atomic E-state index is 14.8. The number of sulfonamides is 1. The molecule has 0 saturated heterocycles. The van der Waals surface area contributed by atoms with Crippen LogP contribution >= 0.6 is 0 Å². The normalized spacial score (nSPS) is 13.4. The van der Waals surface area contributed by atoms with E-state index in [4.69, 9.17) is 0 Å². The van der Waals surface area contributed by atoms with Crippen molar-refractivity contribution in [1.29, 1.82) is 0 Å². The van der Waals surface area contributed by atoms with Gasteiger partial charge in [0, 0.05) is 36.3 Å². The van der Waals surface area contributed by atoms with Crippen LogP contribution in [0.15, 0.2) is 49.1 Å². The van der Waals surface area contributed by atoms with Crippen molar-refractivity contribution in [3.8, 4) is 17.1 Å². The van der Waals surface area contributed by atoms with Crippen molar-refractivity contribution < 1.29 is 17.2 Å². The van der Waals surface area contributed by atoms with Gasteiger partial charge in [0.15, 0.2) is 5.82 Å². The van der Waals surface area contributed by atoms with E-state index in [0.717, 1.165) is 27.8 Å². The van der Waals surface area contributed by atoms with Crippen molar-refractivity contribution in [1.82, 2.24) is 29.7 Å². The topological polar surface area (TPSA) is 116 Å². The van der Waals surface area contributed by atoms with Crippen LogP contribution in [0.3, 0.4) is 0 Å². The Kier molecular flexibility index (Phi) is 6.57. The number of hydrogen-bond donors (Lipinski definition) is 1. The molecule has 1 N–H and O–H groups in total. The van der Waals surface area contributed by atoms with Gasteiger partial charge in [-0.1, -0.05) is 13.0 Å². The second kappa shape index (κ2) is 9.45. The van der Waals surface area contributed by atoms with Crippen LogP contribution in [0.5, 0.6) is 0 Å². The quantitative estimate of drug-likeness (QED) is 0.409. The first-order chi connectivity index (χ1) is 16.6. The van der Waals surface area contributed by atoms with E-state index in [2.05, 4.69) is 29.9 Å². The lowest BCUT2D eigenvalue weighted by Gasteiger charge is -2.20. The molecule has 0 fully saturated rings. The molecule has 35 heavy (non-hydrogen) atoms. The second-order valence-electron chi connectivity index (χ2n) is 8.26. The number of aromatic nitrogens is 6. The average Bonchev–Trinajstić information content (AvgIpc) is 3.21. The van der Waals surface area contributed by atoms with Crippen LogP contribution in [0.25, 0.3) is 17.1 Å². The predicted molar refractivity (Wildman–Crippen MR) is 126 cm³/mol. The van der Waals surface area contributed by atoms with Gasteiger partial charge in [0.25, 0.3) is 0 Å². The molecule has 4 rings (SSSR count). The number of benzene rings is 1. The van der Waals surface area contributed by atoms with Crippen LogP contribution in [0.1, 0.15) is 36.7 Å². The largest absolute Gasteiger partial charge is 0.264 e. The standard InChI is InChI=1S/C23H23F2N7O2S/c1-13-8-17(12-26-9-13)22-29-30-23(32(22)20-18(24)6-5-7-19(20)25)31-35(33,34)16(4)15(3)21-27-10-14(2)11-28-21/h5-12,15-16H,1-4H3,(H,30,31). The summed E-state index contributed by atoms with van der Waals surface area (Å²) in [6, 6.07) is 5.04. The van der Waals surface area contributed by atoms with Crippen LogP contribution < -0.4 is 4.72 Å². The van der Waals surface area contributed by atoms with Gasteiger partial charge < -0.3 is 0 Å². The van der Waals surface area contributed by atoms with Crippen LogP contribution in [0.2, 0.25) is 0 Å². The Morgan fingerprint density at radius 1 is 0.943 bits per heavy atom. The molecule has 0 amide bonds. The minimum absolute atomic E-state index is 0.0190. The third kappa shape index (κ3) is 4.87. The highest BCUT2D eigenvalue weighted by atomic mass is 32.2. The van der Waals surface area contributed by atoms with Gasteiger partial charge in [-0.2, -0.15) is 0 Å². The van der Waals surface area contributed by atoms with Gasteiger partial charge in [-0.15, -0.1) is 10.2 Å². The highest BCUT2D eigenvalue weighted by molar-refractivity contribution is 7.93. The van der Waals surface area contributed by atoms with Gasteiger partial charge in [0.2, 0.25) is 16.0 Å². The molecule has 0 spiro atoms. The number of pyridine rings is 1. The Morgan fingerprint density at radius 2 is 1.60 bits per heavy atom. The zero-order valence-electron chi connectivity index (χ0n) is 19.4. The second-order valence-corrected chi connectivity index (χ2v) is 10.3. The molecule has 3 aromatic heterocycles. The van der Waals surface area contributed by atoms with Gasteiger partial charge in [-0.3, -0.25) is 14.3 Å². The van der Waals surface area contributed by atoms with Crippen LogP contribution in [-0.4, -0.2) is 43.4 Å². The van der Waals surface area contributed by atoms with Crippen molar-refractivity contribution in [3.63, 3.8) is 0 Å². The van der Waals surface area contributed by atoms with Gasteiger partial charge in [-0.25, -0.2) is 27.2 Å². The van der Waals surface area contributed by atoms with Crippen LogP contribution in [0, 0.1) is 25.5 Å². The molecule has 2 unspecified atom stereocenters. The fourth-order valence-electron chi connectivity index (χ4n) is 3.47. The number of halogens is 2. The van der Waals surface area contributed by atoms with Gasteiger partial charge in [0.1, 0.15) is 23.1 Å². The summed E-state index contributed by atoms with van der Waals surface area (Å²) < 4.78 is 59.6. The Labute approximate surface area is 201 Å². The lowest BCUT2D eigenvalue weighted by molar-refractivity contribution is 0.564. The minimum atomic E-state index is -4.12. The summed E-state index contributed by atoms with van der Waals surface area (Å²) in [4.78, 5) is 12.5. The van der Waals surface area contributed by atoms with Gasteiger partial charge in [-0.05, 0) is 50.1 Å². The number of rotatable bonds is 7. The third-order valence-corrected chi connectivity index (χ3v) is 7.45. The molecular weight excluding hydrogens is 476 g/mol. The van der Waals surface area contributed by atoms with Crippen molar-refractivity contribution in [3.05, 3.63) is 77.6 Å². The maximum absolute atomic E-state index is 14.8. The zero-order chi connectivity index (χ0) is 25.3. The molecule has 0 bridgehead atoms. The first-order valence-corrected chi connectivity index (χ1v) is 12.2. The summed E-state index contributed by atoms with van der Waals surface area (Å²) in [5.41, 5.74) is 1.50. The minimum Gasteiger partial charge on any atom is -0.264 e. The Hall–Kier alpha value is -3.80. The van der Waals surface area contributed by atoms with Crippen molar-refractivity contribution >= 4 is 16.0 Å². The molecule has 3 heterocycles. The first-order valence-electron chi connectivity index (χ1n) is 10.7. The van der Waals surface area contributed by atoms with Crippen LogP contribution in [0.4, 0.5) is 14.7 Å². The van der Waals surface area contributed by atoms with Crippen molar-refractivity contribution in [2.24, 2.45) is 0 Å². The van der Waals surface area contributed by atoms with E-state index in [0.29, 0.717) is 11.4 Å². The molecule has 12 heteroatoms. The molecule has 0 saturated carbocycles. The highest BCUT2D eigenvalue weighted by Crippen LogP contribution is 2.30. The average molecular weight is 500 g/mol. The lowest BCUT2D eigenvalue weighted by Crippen LogP contribution is -2.31. The fourth-order valence-corrected chi connectivity index (χ4v) is 4.70. The molecule has 0 aliphatic carbocycles. The molecule has 182 valence electrons. The van der Waals surface area contributed by atoms with Crippen molar-refractivity contribution in [2.45, 2.75) is 38.9 Å². The number of hydrogen-bond acceptors (Lipinski definition) is 7. The van der Waals surface area contributed by atoms with Gasteiger partial charge >= 0.3 is 0 Å². The van der Waals surface area contributed by atoms with Crippen LogP contribution in [-0.2, 0) is 10.0 Å². The number of nitrogens with zero attached hydrogens (tertiary/aromatic N) is 6. The van der Waals surface area contributed by atoms with E-state index in [-0.39, 0.29) is 11.8 Å². The SMILES string of the molecule is Cc1cnc(C(C)C(C)S(=O)(=O)Nc2nnc(-c3cncc(C)c3)n2-c2c(F)cccc2F)nc1. The van der Waals surface area contributed by atoms with Gasteiger partial charge in [0.05, 0.1) is 5.25 Å². The summed E-state index contributed by atoms with van der Waals surface area (Å²) in [6.45, 7) is 6.79. The Balaban J connectivity index is 1.79. The number of aryl methyl sites for hydroxylation is 2. The third-order valence-electron chi connectivity index (χ3n) is 5.59. The summed E-state index contributed by atoms with van der Waals surface area (Å²) in [6.07, 6.45) is 6.26. The molecule has 0 aliphatic rings. The van der Waals surface area contributed by atoms with E-state index in [1.807, 2.05) is 6.92 Å². The van der Waals surface area contributed by atoms with E-state index < -0.39 is 38.5 Å². The number of nitrogens with one attached hydrogen (secondary N) is 1. The lowest BCUT2D eigenvalue weighted by atomic mass is 10.1.